The van der Waals surface area contributed by atoms with E-state index < -0.39 is 5.97 Å². The van der Waals surface area contributed by atoms with Gasteiger partial charge in [0.05, 0.1) is 60.0 Å². The lowest BCUT2D eigenvalue weighted by Crippen LogP contribution is -2.23. The van der Waals surface area contributed by atoms with Crippen LogP contribution >= 0.6 is 0 Å². The first kappa shape index (κ1) is 29.4. The largest absolute Gasteiger partial charge is 0.481 e. The molecule has 0 radical (unpaired) electrons. The summed E-state index contributed by atoms with van der Waals surface area (Å²) in [6.07, 6.45) is 2.40. The number of methoxy groups -OCH3 is 1. The summed E-state index contributed by atoms with van der Waals surface area (Å²) >= 11 is 0. The molecular weight excluding hydrogens is 570 g/mol. The molecule has 0 saturated carbocycles. The molecular formula is C33H31N9O3. The number of carboxylic acids is 1. The molecule has 1 aliphatic heterocycles. The number of rotatable bonds is 11. The van der Waals surface area contributed by atoms with Crippen LogP contribution in [0.5, 0.6) is 0 Å². The van der Waals surface area contributed by atoms with Crippen molar-refractivity contribution in [3.05, 3.63) is 102 Å². The van der Waals surface area contributed by atoms with Gasteiger partial charge in [-0.1, -0.05) is 53.7 Å². The number of aromatic nitrogens is 6. The number of carboxylic acid groups (broad SMARTS) is 1. The van der Waals surface area contributed by atoms with Gasteiger partial charge in [0.15, 0.2) is 0 Å². The van der Waals surface area contributed by atoms with Crippen LogP contribution in [0.25, 0.3) is 22.6 Å². The van der Waals surface area contributed by atoms with Crippen molar-refractivity contribution in [3.8, 4) is 28.7 Å². The quantitative estimate of drug-likeness (QED) is 0.221. The van der Waals surface area contributed by atoms with Gasteiger partial charge >= 0.3 is 5.97 Å². The number of nitrogens with one attached hydrogen (secondary N) is 1. The average molecular weight is 602 g/mol. The minimum atomic E-state index is -0.776. The van der Waals surface area contributed by atoms with Crippen molar-refractivity contribution in [2.75, 3.05) is 37.0 Å². The number of anilines is 2. The fraction of sp³-hybridized carbons (Fsp3) is 0.242. The van der Waals surface area contributed by atoms with E-state index in [2.05, 4.69) is 21.7 Å². The van der Waals surface area contributed by atoms with Crippen LogP contribution < -0.4 is 10.2 Å². The van der Waals surface area contributed by atoms with Gasteiger partial charge in [0.1, 0.15) is 11.5 Å². The van der Waals surface area contributed by atoms with E-state index in [1.165, 1.54) is 0 Å². The summed E-state index contributed by atoms with van der Waals surface area (Å²) in [4.78, 5) is 27.8. The van der Waals surface area contributed by atoms with Crippen molar-refractivity contribution in [2.24, 2.45) is 5.92 Å². The lowest BCUT2D eigenvalue weighted by Gasteiger charge is -2.19. The lowest BCUT2D eigenvalue weighted by atomic mass is 10.1. The molecule has 1 fully saturated rings. The first-order valence-electron chi connectivity index (χ1n) is 14.5. The summed E-state index contributed by atoms with van der Waals surface area (Å²) in [7, 11) is 1.65. The molecule has 12 nitrogen and oxygen atoms in total. The zero-order valence-electron chi connectivity index (χ0n) is 24.6. The van der Waals surface area contributed by atoms with Gasteiger partial charge in [-0.3, -0.25) is 4.79 Å². The molecule has 3 aromatic heterocycles. The Morgan fingerprint density at radius 1 is 1.04 bits per heavy atom. The van der Waals surface area contributed by atoms with Crippen molar-refractivity contribution >= 4 is 17.7 Å². The standard InChI is InChI=1S/C33H31N9O3/c1-45-21-30(23-8-3-2-4-9-23)38-33-36-27(24-10-5-7-22(15-24)17-34)16-28(37-33)29-20-42(40-39-29)19-26-11-6-12-31(35-26)41-14-13-25(18-41)32(43)44/h2-12,15-16,20,25,30H,13-14,18-19,21H2,1H3,(H,43,44)(H,36,37,38)/t25?,30-/m1/s1. The summed E-state index contributed by atoms with van der Waals surface area (Å²) in [5.41, 5.74) is 4.81. The Labute approximate surface area is 260 Å². The molecule has 45 heavy (non-hydrogen) atoms. The molecule has 1 aliphatic rings. The second kappa shape index (κ2) is 13.3. The summed E-state index contributed by atoms with van der Waals surface area (Å²) in [5.74, 6) is -0.0336. The van der Waals surface area contributed by atoms with Gasteiger partial charge in [-0.2, -0.15) is 5.26 Å². The number of benzene rings is 2. The zero-order valence-corrected chi connectivity index (χ0v) is 24.6. The molecule has 12 heteroatoms. The maximum atomic E-state index is 11.4. The Hall–Kier alpha value is -5.67. The van der Waals surface area contributed by atoms with E-state index in [9.17, 15) is 15.2 Å². The molecule has 0 bridgehead atoms. The summed E-state index contributed by atoms with van der Waals surface area (Å²) < 4.78 is 7.18. The van der Waals surface area contributed by atoms with Crippen LogP contribution in [0.15, 0.2) is 85.1 Å². The predicted octanol–water partition coefficient (Wildman–Crippen LogP) is 4.43. The van der Waals surface area contributed by atoms with Crippen molar-refractivity contribution < 1.29 is 14.6 Å². The zero-order chi connectivity index (χ0) is 31.2. The second-order valence-corrected chi connectivity index (χ2v) is 10.8. The Kier molecular flexibility index (Phi) is 8.70. The molecule has 1 saturated heterocycles. The highest BCUT2D eigenvalue weighted by Crippen LogP contribution is 2.27. The SMILES string of the molecule is COC[C@@H](Nc1nc(-c2cccc(C#N)c2)cc(-c2cn(Cc3cccc(N4CCC(C(=O)O)C4)n3)nn2)n1)c1ccccc1. The van der Waals surface area contributed by atoms with Crippen molar-refractivity contribution in [1.29, 1.82) is 5.26 Å². The molecule has 6 rings (SSSR count). The van der Waals surface area contributed by atoms with Gasteiger partial charge < -0.3 is 20.1 Å². The van der Waals surface area contributed by atoms with Crippen LogP contribution in [0.2, 0.25) is 0 Å². The highest BCUT2D eigenvalue weighted by molar-refractivity contribution is 5.72. The number of pyridine rings is 1. The van der Waals surface area contributed by atoms with E-state index in [0.29, 0.717) is 61.3 Å². The molecule has 0 amide bonds. The third kappa shape index (κ3) is 6.95. The van der Waals surface area contributed by atoms with Gasteiger partial charge in [0, 0.05) is 25.8 Å². The number of ether oxygens (including phenoxy) is 1. The molecule has 2 aromatic carbocycles. The third-order valence-electron chi connectivity index (χ3n) is 7.63. The second-order valence-electron chi connectivity index (χ2n) is 10.8. The van der Waals surface area contributed by atoms with E-state index in [1.54, 1.807) is 30.1 Å². The molecule has 2 atom stereocenters. The van der Waals surface area contributed by atoms with Crippen LogP contribution in [0.1, 0.15) is 29.3 Å². The number of hydrogen-bond acceptors (Lipinski definition) is 10. The van der Waals surface area contributed by atoms with Crippen LogP contribution in [0, 0.1) is 17.2 Å². The normalized spacial score (nSPS) is 15.0. The highest BCUT2D eigenvalue weighted by atomic mass is 16.5. The Morgan fingerprint density at radius 3 is 2.64 bits per heavy atom. The summed E-state index contributed by atoms with van der Waals surface area (Å²) in [6, 6.07) is 26.7. The first-order valence-corrected chi connectivity index (χ1v) is 14.5. The fourth-order valence-corrected chi connectivity index (χ4v) is 5.33. The van der Waals surface area contributed by atoms with Gasteiger partial charge in [0.25, 0.3) is 0 Å². The molecule has 0 aliphatic carbocycles. The van der Waals surface area contributed by atoms with Gasteiger partial charge in [-0.15, -0.1) is 5.10 Å². The summed E-state index contributed by atoms with van der Waals surface area (Å²) in [5, 5.41) is 31.0. The van der Waals surface area contributed by atoms with Crippen LogP contribution in [-0.4, -0.2) is 67.8 Å². The average Bonchev–Trinajstić information content (AvgIpc) is 3.76. The van der Waals surface area contributed by atoms with Crippen LogP contribution in [0.4, 0.5) is 11.8 Å². The van der Waals surface area contributed by atoms with E-state index in [0.717, 1.165) is 22.6 Å². The van der Waals surface area contributed by atoms with Crippen LogP contribution in [0.3, 0.4) is 0 Å². The topological polar surface area (TPSA) is 155 Å². The van der Waals surface area contributed by atoms with Crippen molar-refractivity contribution in [2.45, 2.75) is 19.0 Å². The first-order chi connectivity index (χ1) is 22.0. The monoisotopic (exact) mass is 601 g/mol. The Bertz CT molecular complexity index is 1840. The molecule has 1 unspecified atom stereocenters. The van der Waals surface area contributed by atoms with Gasteiger partial charge in [0.2, 0.25) is 5.95 Å². The minimum Gasteiger partial charge on any atom is -0.481 e. The fourth-order valence-electron chi connectivity index (χ4n) is 5.33. The smallest absolute Gasteiger partial charge is 0.308 e. The predicted molar refractivity (Wildman–Crippen MR) is 167 cm³/mol. The van der Waals surface area contributed by atoms with E-state index in [4.69, 9.17) is 19.7 Å². The van der Waals surface area contributed by atoms with E-state index in [1.807, 2.05) is 71.6 Å². The Morgan fingerprint density at radius 2 is 1.87 bits per heavy atom. The van der Waals surface area contributed by atoms with Crippen molar-refractivity contribution in [3.63, 3.8) is 0 Å². The Balaban J connectivity index is 1.29. The van der Waals surface area contributed by atoms with Crippen LogP contribution in [-0.2, 0) is 16.1 Å². The molecule has 2 N–H and O–H groups in total. The molecule has 226 valence electrons. The number of hydrogen-bond donors (Lipinski definition) is 2. The van der Waals surface area contributed by atoms with Gasteiger partial charge in [-0.25, -0.2) is 19.6 Å². The summed E-state index contributed by atoms with van der Waals surface area (Å²) in [6.45, 7) is 1.86. The minimum absolute atomic E-state index is 0.208. The highest BCUT2D eigenvalue weighted by Gasteiger charge is 2.28. The number of carbonyl (C=O) groups is 1. The molecule has 4 heterocycles. The van der Waals surface area contributed by atoms with Crippen molar-refractivity contribution in [1.82, 2.24) is 29.9 Å². The van der Waals surface area contributed by atoms with E-state index in [-0.39, 0.29) is 12.0 Å². The molecule has 5 aromatic rings. The van der Waals surface area contributed by atoms with Gasteiger partial charge in [-0.05, 0) is 42.3 Å². The number of nitriles is 1. The maximum Gasteiger partial charge on any atom is 0.308 e. The lowest BCUT2D eigenvalue weighted by molar-refractivity contribution is -0.140. The maximum absolute atomic E-state index is 11.4. The molecule has 0 spiro atoms. The third-order valence-corrected chi connectivity index (χ3v) is 7.63. The number of aliphatic carboxylic acids is 1. The van der Waals surface area contributed by atoms with E-state index >= 15 is 0 Å². The number of nitrogens with zero attached hydrogens (tertiary/aromatic N) is 8.